The van der Waals surface area contributed by atoms with E-state index >= 15 is 0 Å². The molecule has 0 bridgehead atoms. The maximum Gasteiger partial charge on any atom is 0.338 e. The Balaban J connectivity index is 1.79. The van der Waals surface area contributed by atoms with Gasteiger partial charge in [0.05, 0.1) is 6.26 Å². The number of nitrogens with one attached hydrogen (secondary N) is 1. The summed E-state index contributed by atoms with van der Waals surface area (Å²) >= 11 is 0. The molecule has 0 amide bonds. The molecule has 9 heteroatoms. The number of rotatable bonds is 11. The molecular formula is C29H35NO7S. The SMILES string of the molecule is Cc1ccc(Oc2ccc(COC(=O)C(CNC(C)(C)C)OS(C)(=O)=O)cc2Oc2ccc(C)cc2)cc1. The third-order valence-electron chi connectivity index (χ3n) is 5.26. The zero-order valence-electron chi connectivity index (χ0n) is 22.6. The van der Waals surface area contributed by atoms with Crippen LogP contribution < -0.4 is 14.8 Å². The van der Waals surface area contributed by atoms with Crippen LogP contribution in [0.3, 0.4) is 0 Å². The fraction of sp³-hybridized carbons (Fsp3) is 0.345. The molecule has 204 valence electrons. The molecular weight excluding hydrogens is 506 g/mol. The highest BCUT2D eigenvalue weighted by Crippen LogP contribution is 2.36. The molecule has 3 aromatic carbocycles. The average molecular weight is 542 g/mol. The molecule has 38 heavy (non-hydrogen) atoms. The number of hydrogen-bond donors (Lipinski definition) is 1. The van der Waals surface area contributed by atoms with Gasteiger partial charge in [0.1, 0.15) is 18.1 Å². The number of carbonyl (C=O) groups excluding carboxylic acids is 1. The molecule has 1 N–H and O–H groups in total. The van der Waals surface area contributed by atoms with Crippen molar-refractivity contribution in [3.05, 3.63) is 83.4 Å². The van der Waals surface area contributed by atoms with Crippen LogP contribution in [0.5, 0.6) is 23.0 Å². The number of benzene rings is 3. The quantitative estimate of drug-likeness (QED) is 0.245. The Morgan fingerprint density at radius 2 is 1.37 bits per heavy atom. The number of hydrogen-bond acceptors (Lipinski definition) is 8. The molecule has 3 aromatic rings. The fourth-order valence-electron chi connectivity index (χ4n) is 3.29. The Morgan fingerprint density at radius 1 is 0.842 bits per heavy atom. The summed E-state index contributed by atoms with van der Waals surface area (Å²) in [7, 11) is -3.88. The second-order valence-electron chi connectivity index (χ2n) is 10.1. The van der Waals surface area contributed by atoms with E-state index in [0.29, 0.717) is 28.6 Å². The van der Waals surface area contributed by atoms with Gasteiger partial charge in [-0.05, 0) is 76.6 Å². The number of carbonyl (C=O) groups is 1. The Labute approximate surface area is 225 Å². The molecule has 0 radical (unpaired) electrons. The van der Waals surface area contributed by atoms with Gasteiger partial charge < -0.3 is 19.5 Å². The van der Waals surface area contributed by atoms with Gasteiger partial charge in [-0.25, -0.2) is 4.79 Å². The molecule has 0 heterocycles. The van der Waals surface area contributed by atoms with E-state index < -0.39 is 22.2 Å². The summed E-state index contributed by atoms with van der Waals surface area (Å²) in [5, 5.41) is 3.07. The second-order valence-corrected chi connectivity index (χ2v) is 11.7. The van der Waals surface area contributed by atoms with E-state index in [1.165, 1.54) is 0 Å². The van der Waals surface area contributed by atoms with Crippen molar-refractivity contribution >= 4 is 16.1 Å². The van der Waals surface area contributed by atoms with E-state index in [2.05, 4.69) is 5.32 Å². The van der Waals surface area contributed by atoms with E-state index in [1.54, 1.807) is 18.2 Å². The zero-order valence-corrected chi connectivity index (χ0v) is 23.4. The third-order valence-corrected chi connectivity index (χ3v) is 5.84. The molecule has 8 nitrogen and oxygen atoms in total. The van der Waals surface area contributed by atoms with Gasteiger partial charge in [-0.3, -0.25) is 4.18 Å². The molecule has 0 fully saturated rings. The lowest BCUT2D eigenvalue weighted by Gasteiger charge is -2.24. The predicted molar refractivity (Wildman–Crippen MR) is 146 cm³/mol. The molecule has 0 aliphatic rings. The van der Waals surface area contributed by atoms with E-state index in [4.69, 9.17) is 18.4 Å². The maximum atomic E-state index is 12.7. The minimum atomic E-state index is -3.88. The van der Waals surface area contributed by atoms with E-state index in [0.717, 1.165) is 17.4 Å². The van der Waals surface area contributed by atoms with Crippen LogP contribution in [0.15, 0.2) is 66.7 Å². The topological polar surface area (TPSA) is 100 Å². The van der Waals surface area contributed by atoms with Gasteiger partial charge >= 0.3 is 5.97 Å². The molecule has 0 aliphatic heterocycles. The van der Waals surface area contributed by atoms with Crippen molar-refractivity contribution in [3.8, 4) is 23.0 Å². The van der Waals surface area contributed by atoms with Crippen LogP contribution >= 0.6 is 0 Å². The van der Waals surface area contributed by atoms with Crippen LogP contribution in [-0.4, -0.2) is 38.8 Å². The van der Waals surface area contributed by atoms with Crippen molar-refractivity contribution in [2.75, 3.05) is 12.8 Å². The van der Waals surface area contributed by atoms with Gasteiger partial charge in [0.2, 0.25) is 0 Å². The van der Waals surface area contributed by atoms with Crippen molar-refractivity contribution in [2.24, 2.45) is 0 Å². The first-order valence-corrected chi connectivity index (χ1v) is 14.0. The minimum Gasteiger partial charge on any atom is -0.459 e. The van der Waals surface area contributed by atoms with Crippen LogP contribution in [0.1, 0.15) is 37.5 Å². The number of esters is 1. The maximum absolute atomic E-state index is 12.7. The first-order valence-electron chi connectivity index (χ1n) is 12.2. The number of aryl methyl sites for hydroxylation is 2. The molecule has 0 saturated carbocycles. The highest BCUT2D eigenvalue weighted by molar-refractivity contribution is 7.86. The minimum absolute atomic E-state index is 0.0273. The predicted octanol–water partition coefficient (Wildman–Crippen LogP) is 5.66. The van der Waals surface area contributed by atoms with Crippen LogP contribution in [0.25, 0.3) is 0 Å². The standard InChI is InChI=1S/C29H35NO7S/c1-20-7-12-23(13-8-20)35-25-16-11-22(17-26(25)36-24-14-9-21(2)10-15-24)19-34-28(31)27(37-38(6,32)33)18-30-29(3,4)5/h7-17,27,30H,18-19H2,1-6H3. The largest absolute Gasteiger partial charge is 0.459 e. The molecule has 0 saturated heterocycles. The molecule has 0 aliphatic carbocycles. The lowest BCUT2D eigenvalue weighted by molar-refractivity contribution is -0.153. The van der Waals surface area contributed by atoms with E-state index in [9.17, 15) is 13.2 Å². The van der Waals surface area contributed by atoms with Crippen molar-refractivity contribution in [1.29, 1.82) is 0 Å². The lowest BCUT2D eigenvalue weighted by atomic mass is 10.1. The molecule has 1 atom stereocenters. The molecule has 0 spiro atoms. The Bertz CT molecular complexity index is 1330. The van der Waals surface area contributed by atoms with Crippen LogP contribution in [-0.2, 0) is 30.4 Å². The lowest BCUT2D eigenvalue weighted by Crippen LogP contribution is -2.45. The van der Waals surface area contributed by atoms with Gasteiger partial charge in [-0.2, -0.15) is 8.42 Å². The molecule has 3 rings (SSSR count). The summed E-state index contributed by atoms with van der Waals surface area (Å²) in [6.07, 6.45) is -0.428. The van der Waals surface area contributed by atoms with Crippen LogP contribution in [0.4, 0.5) is 0 Å². The third kappa shape index (κ3) is 9.81. The van der Waals surface area contributed by atoms with Crippen molar-refractivity contribution in [3.63, 3.8) is 0 Å². The van der Waals surface area contributed by atoms with Gasteiger partial charge in [-0.15, -0.1) is 0 Å². The summed E-state index contributed by atoms with van der Waals surface area (Å²) in [4.78, 5) is 12.7. The van der Waals surface area contributed by atoms with Gasteiger partial charge in [0.25, 0.3) is 10.1 Å². The summed E-state index contributed by atoms with van der Waals surface area (Å²) in [6, 6.07) is 20.4. The van der Waals surface area contributed by atoms with Gasteiger partial charge in [-0.1, -0.05) is 41.5 Å². The van der Waals surface area contributed by atoms with Crippen molar-refractivity contribution in [1.82, 2.24) is 5.32 Å². The molecule has 0 aromatic heterocycles. The first-order chi connectivity index (χ1) is 17.8. The van der Waals surface area contributed by atoms with Gasteiger partial charge in [0.15, 0.2) is 17.6 Å². The van der Waals surface area contributed by atoms with Crippen molar-refractivity contribution < 1.29 is 31.6 Å². The van der Waals surface area contributed by atoms with E-state index in [1.807, 2.05) is 83.1 Å². The van der Waals surface area contributed by atoms with Gasteiger partial charge in [0, 0.05) is 12.1 Å². The van der Waals surface area contributed by atoms with Crippen molar-refractivity contribution in [2.45, 2.75) is 52.9 Å². The summed E-state index contributed by atoms with van der Waals surface area (Å²) in [6.45, 7) is 9.52. The normalized spacial score (nSPS) is 12.6. The Kier molecular flexibility index (Phi) is 9.54. The highest BCUT2D eigenvalue weighted by atomic mass is 32.2. The summed E-state index contributed by atoms with van der Waals surface area (Å²) in [5.41, 5.74) is 2.48. The second kappa shape index (κ2) is 12.4. The van der Waals surface area contributed by atoms with Crippen LogP contribution in [0, 0.1) is 13.8 Å². The monoisotopic (exact) mass is 541 g/mol. The Hall–Kier alpha value is -3.40. The summed E-state index contributed by atoms with van der Waals surface area (Å²) < 4.78 is 46.0. The highest BCUT2D eigenvalue weighted by Gasteiger charge is 2.27. The first kappa shape index (κ1) is 29.2. The summed E-state index contributed by atoms with van der Waals surface area (Å²) in [5.74, 6) is 1.38. The Morgan fingerprint density at radius 3 is 1.87 bits per heavy atom. The smallest absolute Gasteiger partial charge is 0.338 e. The van der Waals surface area contributed by atoms with E-state index in [-0.39, 0.29) is 18.7 Å². The molecule has 1 unspecified atom stereocenters. The zero-order chi connectivity index (χ0) is 27.9. The number of ether oxygens (including phenoxy) is 3. The van der Waals surface area contributed by atoms with Crippen LogP contribution in [0.2, 0.25) is 0 Å². The average Bonchev–Trinajstić information content (AvgIpc) is 2.83. The fourth-order valence-corrected chi connectivity index (χ4v) is 3.86.